The molecule has 0 aliphatic carbocycles. The van der Waals surface area contributed by atoms with E-state index in [-0.39, 0.29) is 17.9 Å². The predicted octanol–water partition coefficient (Wildman–Crippen LogP) is 3.16. The molecule has 0 saturated carbocycles. The van der Waals surface area contributed by atoms with Crippen LogP contribution in [0, 0.1) is 11.8 Å². The number of nitrogens with zero attached hydrogens (tertiary/aromatic N) is 1. The van der Waals surface area contributed by atoms with Crippen LogP contribution >= 0.6 is 11.6 Å². The molecule has 2 atom stereocenters. The lowest BCUT2D eigenvalue weighted by Gasteiger charge is -2.35. The number of H-pyrrole nitrogens is 1. The number of carboxylic acid groups (broad SMARTS) is 1. The number of likely N-dealkylation sites (tertiary alicyclic amines) is 1. The summed E-state index contributed by atoms with van der Waals surface area (Å²) in [5.74, 6) is -1.13. The molecule has 2 aliphatic heterocycles. The van der Waals surface area contributed by atoms with E-state index < -0.39 is 11.9 Å². The van der Waals surface area contributed by atoms with Gasteiger partial charge in [-0.1, -0.05) is 29.8 Å². The van der Waals surface area contributed by atoms with E-state index in [4.69, 9.17) is 16.3 Å². The number of amides is 1. The fraction of sp³-hybridized carbons (Fsp3) is 0.474. The molecular formula is C19H21ClN2O4. The van der Waals surface area contributed by atoms with Crippen LogP contribution < -0.4 is 0 Å². The van der Waals surface area contributed by atoms with Crippen LogP contribution in [0.15, 0.2) is 24.3 Å². The molecule has 1 amide bonds. The standard InChI is InChI=1S/C19H21ClN2O4/c20-15-12-3-1-2-4-14(12)21-16(15)18(23)22-8-5-11(6-9-22)17-13(19(24)25)7-10-26-17/h1-4,11,13,17,21H,5-10H2,(H,24,25)/t13?,17-/m0/s1. The van der Waals surface area contributed by atoms with Gasteiger partial charge in [-0.25, -0.2) is 0 Å². The van der Waals surface area contributed by atoms with Gasteiger partial charge < -0.3 is 19.7 Å². The predicted molar refractivity (Wildman–Crippen MR) is 97.4 cm³/mol. The summed E-state index contributed by atoms with van der Waals surface area (Å²) in [7, 11) is 0. The van der Waals surface area contributed by atoms with Gasteiger partial charge in [0, 0.05) is 30.6 Å². The molecule has 1 aromatic heterocycles. The Bertz CT molecular complexity index is 841. The van der Waals surface area contributed by atoms with E-state index in [1.54, 1.807) is 4.90 Å². The normalized spacial score (nSPS) is 24.3. The first kappa shape index (κ1) is 17.4. The molecule has 26 heavy (non-hydrogen) atoms. The monoisotopic (exact) mass is 376 g/mol. The van der Waals surface area contributed by atoms with Gasteiger partial charge in [0.15, 0.2) is 0 Å². The fourth-order valence-corrected chi connectivity index (χ4v) is 4.48. The van der Waals surface area contributed by atoms with Gasteiger partial charge in [0.25, 0.3) is 5.91 Å². The van der Waals surface area contributed by atoms with Crippen molar-refractivity contribution < 1.29 is 19.4 Å². The minimum Gasteiger partial charge on any atom is -0.481 e. The molecule has 3 heterocycles. The summed E-state index contributed by atoms with van der Waals surface area (Å²) < 4.78 is 5.69. The third kappa shape index (κ3) is 2.97. The fourth-order valence-electron chi connectivity index (χ4n) is 4.18. The molecule has 138 valence electrons. The number of nitrogens with one attached hydrogen (secondary N) is 1. The first-order valence-corrected chi connectivity index (χ1v) is 9.34. The number of ether oxygens (including phenoxy) is 1. The van der Waals surface area contributed by atoms with Gasteiger partial charge in [-0.15, -0.1) is 0 Å². The van der Waals surface area contributed by atoms with Crippen LogP contribution in [0.4, 0.5) is 0 Å². The molecular weight excluding hydrogens is 356 g/mol. The number of carboxylic acids is 1. The molecule has 2 fully saturated rings. The van der Waals surface area contributed by atoms with Crippen LogP contribution in [-0.4, -0.2) is 52.7 Å². The second-order valence-electron chi connectivity index (χ2n) is 7.06. The number of aromatic nitrogens is 1. The molecule has 2 saturated heterocycles. The highest BCUT2D eigenvalue weighted by molar-refractivity contribution is 6.38. The van der Waals surface area contributed by atoms with Crippen molar-refractivity contribution in [3.05, 3.63) is 35.0 Å². The third-order valence-electron chi connectivity index (χ3n) is 5.60. The maximum Gasteiger partial charge on any atom is 0.309 e. The van der Waals surface area contributed by atoms with Crippen LogP contribution in [0.3, 0.4) is 0 Å². The van der Waals surface area contributed by atoms with E-state index in [1.807, 2.05) is 24.3 Å². The average molecular weight is 377 g/mol. The van der Waals surface area contributed by atoms with Crippen molar-refractivity contribution in [2.24, 2.45) is 11.8 Å². The second kappa shape index (κ2) is 6.93. The van der Waals surface area contributed by atoms with Gasteiger partial charge in [0.2, 0.25) is 0 Å². The van der Waals surface area contributed by atoms with E-state index in [2.05, 4.69) is 4.98 Å². The van der Waals surface area contributed by atoms with E-state index in [1.165, 1.54) is 0 Å². The first-order chi connectivity index (χ1) is 12.6. The number of fused-ring (bicyclic) bond motifs is 1. The van der Waals surface area contributed by atoms with E-state index in [9.17, 15) is 14.7 Å². The molecule has 2 N–H and O–H groups in total. The zero-order valence-electron chi connectivity index (χ0n) is 14.3. The summed E-state index contributed by atoms with van der Waals surface area (Å²) in [6, 6.07) is 7.58. The number of hydrogen-bond acceptors (Lipinski definition) is 3. The van der Waals surface area contributed by atoms with Crippen molar-refractivity contribution in [1.29, 1.82) is 0 Å². The zero-order valence-corrected chi connectivity index (χ0v) is 15.0. The minimum absolute atomic E-state index is 0.105. The largest absolute Gasteiger partial charge is 0.481 e. The summed E-state index contributed by atoms with van der Waals surface area (Å²) in [4.78, 5) is 29.2. The number of carbonyl (C=O) groups is 2. The Hall–Kier alpha value is -2.05. The van der Waals surface area contributed by atoms with Crippen LogP contribution in [0.25, 0.3) is 10.9 Å². The molecule has 0 radical (unpaired) electrons. The zero-order chi connectivity index (χ0) is 18.3. The Morgan fingerprint density at radius 1 is 1.19 bits per heavy atom. The highest BCUT2D eigenvalue weighted by atomic mass is 35.5. The molecule has 1 aromatic carbocycles. The van der Waals surface area contributed by atoms with Crippen molar-refractivity contribution in [2.75, 3.05) is 19.7 Å². The average Bonchev–Trinajstić information content (AvgIpc) is 3.27. The number of carbonyl (C=O) groups excluding carboxylic acids is 1. The number of benzene rings is 1. The molecule has 6 nitrogen and oxygen atoms in total. The summed E-state index contributed by atoms with van der Waals surface area (Å²) in [5, 5.41) is 10.6. The Morgan fingerprint density at radius 2 is 1.92 bits per heavy atom. The van der Waals surface area contributed by atoms with E-state index in [0.29, 0.717) is 36.8 Å². The lowest BCUT2D eigenvalue weighted by Crippen LogP contribution is -2.43. The summed E-state index contributed by atoms with van der Waals surface area (Å²) in [6.45, 7) is 1.67. The van der Waals surface area contributed by atoms with Crippen molar-refractivity contribution >= 4 is 34.4 Å². The maximum atomic E-state index is 12.9. The van der Waals surface area contributed by atoms with Crippen molar-refractivity contribution in [3.8, 4) is 0 Å². The summed E-state index contributed by atoms with van der Waals surface area (Å²) >= 11 is 6.39. The Balaban J connectivity index is 1.45. The highest BCUT2D eigenvalue weighted by Gasteiger charge is 2.41. The lowest BCUT2D eigenvalue weighted by atomic mass is 9.84. The number of halogens is 1. The quantitative estimate of drug-likeness (QED) is 0.862. The Labute approximate surface area is 156 Å². The van der Waals surface area contributed by atoms with Crippen LogP contribution in [-0.2, 0) is 9.53 Å². The number of aliphatic carboxylic acids is 1. The smallest absolute Gasteiger partial charge is 0.309 e. The Kier molecular flexibility index (Phi) is 4.63. The van der Waals surface area contributed by atoms with Gasteiger partial charge in [-0.3, -0.25) is 9.59 Å². The SMILES string of the molecule is O=C(O)C1CCO[C@H]1C1CCN(C(=O)c2[nH]c3ccccc3c2Cl)CC1. The van der Waals surface area contributed by atoms with Gasteiger partial charge in [-0.2, -0.15) is 0 Å². The first-order valence-electron chi connectivity index (χ1n) is 8.96. The van der Waals surface area contributed by atoms with Gasteiger partial charge in [0.05, 0.1) is 17.0 Å². The minimum atomic E-state index is -0.782. The van der Waals surface area contributed by atoms with Gasteiger partial charge in [0.1, 0.15) is 5.69 Å². The number of hydrogen-bond donors (Lipinski definition) is 2. The van der Waals surface area contributed by atoms with Crippen LogP contribution in [0.2, 0.25) is 5.02 Å². The van der Waals surface area contributed by atoms with Gasteiger partial charge in [-0.05, 0) is 31.2 Å². The van der Waals surface area contributed by atoms with Crippen LogP contribution in [0.5, 0.6) is 0 Å². The Morgan fingerprint density at radius 3 is 2.62 bits per heavy atom. The number of aromatic amines is 1. The van der Waals surface area contributed by atoms with E-state index in [0.717, 1.165) is 23.7 Å². The molecule has 2 aliphatic rings. The van der Waals surface area contributed by atoms with Crippen molar-refractivity contribution in [2.45, 2.75) is 25.4 Å². The van der Waals surface area contributed by atoms with E-state index >= 15 is 0 Å². The molecule has 0 bridgehead atoms. The summed E-state index contributed by atoms with van der Waals surface area (Å²) in [5.41, 5.74) is 1.27. The lowest BCUT2D eigenvalue weighted by molar-refractivity contribution is -0.145. The molecule has 4 rings (SSSR count). The number of rotatable bonds is 3. The molecule has 7 heteroatoms. The van der Waals surface area contributed by atoms with Crippen molar-refractivity contribution in [1.82, 2.24) is 9.88 Å². The van der Waals surface area contributed by atoms with Crippen LogP contribution in [0.1, 0.15) is 29.8 Å². The topological polar surface area (TPSA) is 82.6 Å². The number of piperidine rings is 1. The highest BCUT2D eigenvalue weighted by Crippen LogP contribution is 2.34. The molecule has 0 spiro atoms. The van der Waals surface area contributed by atoms with Crippen molar-refractivity contribution in [3.63, 3.8) is 0 Å². The van der Waals surface area contributed by atoms with Gasteiger partial charge >= 0.3 is 5.97 Å². The second-order valence-corrected chi connectivity index (χ2v) is 7.44. The maximum absolute atomic E-state index is 12.9. The third-order valence-corrected chi connectivity index (χ3v) is 5.99. The summed E-state index contributed by atoms with van der Waals surface area (Å²) in [6.07, 6.45) is 1.83. The molecule has 1 unspecified atom stereocenters. The number of para-hydroxylation sites is 1. The molecule has 2 aromatic rings.